The topological polar surface area (TPSA) is 29.4 Å². The van der Waals surface area contributed by atoms with E-state index in [2.05, 4.69) is 4.99 Å². The van der Waals surface area contributed by atoms with Crippen LogP contribution in [-0.4, -0.2) is 11.6 Å². The van der Waals surface area contributed by atoms with Crippen LogP contribution in [0.2, 0.25) is 0 Å². The van der Waals surface area contributed by atoms with Crippen molar-refractivity contribution in [2.45, 2.75) is 44.1 Å². The minimum atomic E-state index is 0.0751. The molecule has 17 heavy (non-hydrogen) atoms. The Balaban J connectivity index is 1.73. The lowest BCUT2D eigenvalue weighted by atomic mass is 9.33. The van der Waals surface area contributed by atoms with Crippen molar-refractivity contribution in [1.82, 2.24) is 0 Å². The van der Waals surface area contributed by atoms with E-state index in [4.69, 9.17) is 0 Å². The molecule has 0 aromatic carbocycles. The molecule has 4 unspecified atom stereocenters. The Hall–Kier alpha value is -0.620. The van der Waals surface area contributed by atoms with Crippen LogP contribution in [-0.2, 0) is 4.79 Å². The average molecular weight is 229 g/mol. The fourth-order valence-corrected chi connectivity index (χ4v) is 7.20. The SMILES string of the molecule is O=C=NC12CC3CC4C5CC(CC41)CC2C5C3. The van der Waals surface area contributed by atoms with Gasteiger partial charge in [-0.15, -0.1) is 0 Å². The Morgan fingerprint density at radius 3 is 2.18 bits per heavy atom. The summed E-state index contributed by atoms with van der Waals surface area (Å²) in [6.45, 7) is 0. The molecule has 7 aliphatic rings. The molecule has 7 fully saturated rings. The fourth-order valence-electron chi connectivity index (χ4n) is 7.20. The van der Waals surface area contributed by atoms with Gasteiger partial charge in [-0.1, -0.05) is 0 Å². The fraction of sp³-hybridized carbons (Fsp3) is 0.933. The molecule has 7 aliphatic carbocycles. The van der Waals surface area contributed by atoms with Gasteiger partial charge in [0.2, 0.25) is 6.08 Å². The van der Waals surface area contributed by atoms with Crippen molar-refractivity contribution in [1.29, 1.82) is 0 Å². The Kier molecular flexibility index (Phi) is 1.48. The summed E-state index contributed by atoms with van der Waals surface area (Å²) >= 11 is 0. The van der Waals surface area contributed by atoms with Gasteiger partial charge in [0, 0.05) is 0 Å². The van der Waals surface area contributed by atoms with Crippen molar-refractivity contribution in [2.24, 2.45) is 46.4 Å². The molecule has 8 bridgehead atoms. The highest BCUT2D eigenvalue weighted by Crippen LogP contribution is 2.73. The molecule has 7 rings (SSSR count). The Morgan fingerprint density at radius 1 is 0.882 bits per heavy atom. The first kappa shape index (κ1) is 9.33. The number of rotatable bonds is 1. The van der Waals surface area contributed by atoms with Crippen LogP contribution < -0.4 is 0 Å². The van der Waals surface area contributed by atoms with Crippen molar-refractivity contribution in [3.8, 4) is 0 Å². The summed E-state index contributed by atoms with van der Waals surface area (Å²) in [4.78, 5) is 15.4. The maximum Gasteiger partial charge on any atom is 0.235 e. The molecule has 0 aromatic rings. The van der Waals surface area contributed by atoms with E-state index in [1.54, 1.807) is 0 Å². The molecule has 0 amide bonds. The van der Waals surface area contributed by atoms with E-state index < -0.39 is 0 Å². The molecular weight excluding hydrogens is 210 g/mol. The summed E-state index contributed by atoms with van der Waals surface area (Å²) in [6.07, 6.45) is 10.4. The van der Waals surface area contributed by atoms with E-state index >= 15 is 0 Å². The molecule has 2 nitrogen and oxygen atoms in total. The summed E-state index contributed by atoms with van der Waals surface area (Å²) in [5, 5.41) is 0. The predicted molar refractivity (Wildman–Crippen MR) is 63.0 cm³/mol. The molecule has 0 radical (unpaired) electrons. The van der Waals surface area contributed by atoms with E-state index in [9.17, 15) is 4.79 Å². The molecule has 0 aliphatic heterocycles. The van der Waals surface area contributed by atoms with Crippen LogP contribution in [0, 0.1) is 41.4 Å². The Bertz CT molecular complexity index is 414. The standard InChI is InChI=1S/C15H19NO/c17-7-16-15-6-9-2-11-10-1-8(4-13(11)15)5-14(15)12(10)3-9/h8-14H,1-6H2. The molecule has 2 heteroatoms. The molecule has 0 N–H and O–H groups in total. The summed E-state index contributed by atoms with van der Waals surface area (Å²) in [5.74, 6) is 6.27. The van der Waals surface area contributed by atoms with Crippen molar-refractivity contribution in [2.75, 3.05) is 0 Å². The van der Waals surface area contributed by atoms with E-state index in [0.717, 1.165) is 41.4 Å². The lowest BCUT2D eigenvalue weighted by Crippen LogP contribution is -2.70. The van der Waals surface area contributed by atoms with E-state index in [1.165, 1.54) is 38.5 Å². The van der Waals surface area contributed by atoms with Crippen LogP contribution in [0.25, 0.3) is 0 Å². The zero-order valence-electron chi connectivity index (χ0n) is 10.1. The van der Waals surface area contributed by atoms with Gasteiger partial charge in [-0.25, -0.2) is 4.79 Å². The van der Waals surface area contributed by atoms with Gasteiger partial charge in [0.25, 0.3) is 0 Å². The normalized spacial score (nSPS) is 65.1. The first-order valence-electron chi connectivity index (χ1n) is 7.41. The Morgan fingerprint density at radius 2 is 1.53 bits per heavy atom. The highest BCUT2D eigenvalue weighted by atomic mass is 16.1. The van der Waals surface area contributed by atoms with Crippen molar-refractivity contribution < 1.29 is 4.79 Å². The van der Waals surface area contributed by atoms with Gasteiger partial charge in [0.1, 0.15) is 0 Å². The monoisotopic (exact) mass is 229 g/mol. The molecule has 0 spiro atoms. The molecule has 0 heterocycles. The van der Waals surface area contributed by atoms with Crippen LogP contribution in [0.5, 0.6) is 0 Å². The third kappa shape index (κ3) is 0.866. The largest absolute Gasteiger partial charge is 0.235 e. The zero-order valence-corrected chi connectivity index (χ0v) is 10.1. The third-order valence-corrected chi connectivity index (χ3v) is 7.28. The second kappa shape index (κ2) is 2.69. The van der Waals surface area contributed by atoms with Crippen LogP contribution in [0.15, 0.2) is 4.99 Å². The number of hydrogen-bond acceptors (Lipinski definition) is 2. The Labute approximate surface area is 102 Å². The summed E-state index contributed by atoms with van der Waals surface area (Å²) in [5.41, 5.74) is 0.0751. The molecule has 0 saturated heterocycles. The molecule has 0 aromatic heterocycles. The van der Waals surface area contributed by atoms with Crippen molar-refractivity contribution in [3.05, 3.63) is 0 Å². The van der Waals surface area contributed by atoms with Crippen LogP contribution in [0.1, 0.15) is 38.5 Å². The van der Waals surface area contributed by atoms with E-state index in [0.29, 0.717) is 0 Å². The smallest absolute Gasteiger partial charge is 0.211 e. The number of nitrogens with zero attached hydrogens (tertiary/aromatic N) is 1. The maximum atomic E-state index is 10.9. The predicted octanol–water partition coefficient (Wildman–Crippen LogP) is 2.78. The second-order valence-corrected chi connectivity index (χ2v) is 7.51. The molecular formula is C15H19NO. The summed E-state index contributed by atoms with van der Waals surface area (Å²) in [7, 11) is 0. The minimum Gasteiger partial charge on any atom is -0.211 e. The van der Waals surface area contributed by atoms with Gasteiger partial charge in [0.15, 0.2) is 0 Å². The van der Waals surface area contributed by atoms with Crippen molar-refractivity contribution in [3.63, 3.8) is 0 Å². The quantitative estimate of drug-likeness (QED) is 0.502. The van der Waals surface area contributed by atoms with E-state index in [-0.39, 0.29) is 5.54 Å². The molecule has 90 valence electrons. The summed E-state index contributed by atoms with van der Waals surface area (Å²) < 4.78 is 0. The molecule has 4 atom stereocenters. The maximum absolute atomic E-state index is 10.9. The van der Waals surface area contributed by atoms with Crippen molar-refractivity contribution >= 4 is 6.08 Å². The van der Waals surface area contributed by atoms with Gasteiger partial charge >= 0.3 is 0 Å². The highest BCUT2D eigenvalue weighted by molar-refractivity contribution is 5.38. The average Bonchev–Trinajstić information content (AvgIpc) is 2.35. The first-order valence-corrected chi connectivity index (χ1v) is 7.41. The zero-order chi connectivity index (χ0) is 11.2. The van der Waals surface area contributed by atoms with Gasteiger partial charge < -0.3 is 0 Å². The van der Waals surface area contributed by atoms with Gasteiger partial charge in [0.05, 0.1) is 5.54 Å². The number of isocyanates is 1. The second-order valence-electron chi connectivity index (χ2n) is 7.51. The number of aliphatic imine (C=N–C) groups is 1. The summed E-state index contributed by atoms with van der Waals surface area (Å²) in [6, 6.07) is 0. The van der Waals surface area contributed by atoms with Gasteiger partial charge in [-0.3, -0.25) is 0 Å². The van der Waals surface area contributed by atoms with Gasteiger partial charge in [-0.2, -0.15) is 4.99 Å². The van der Waals surface area contributed by atoms with E-state index in [1.807, 2.05) is 6.08 Å². The molecule has 7 saturated carbocycles. The third-order valence-electron chi connectivity index (χ3n) is 7.28. The van der Waals surface area contributed by atoms with Crippen LogP contribution in [0.4, 0.5) is 0 Å². The van der Waals surface area contributed by atoms with Crippen LogP contribution >= 0.6 is 0 Å². The lowest BCUT2D eigenvalue weighted by Gasteiger charge is -2.72. The van der Waals surface area contributed by atoms with Crippen LogP contribution in [0.3, 0.4) is 0 Å². The first-order chi connectivity index (χ1) is 8.32. The van der Waals surface area contributed by atoms with Gasteiger partial charge in [-0.05, 0) is 80.0 Å². The minimum absolute atomic E-state index is 0.0751. The number of carbonyl (C=O) groups excluding carboxylic acids is 1. The number of hydrogen-bond donors (Lipinski definition) is 0. The highest BCUT2D eigenvalue weighted by Gasteiger charge is 2.70. The lowest BCUT2D eigenvalue weighted by molar-refractivity contribution is -0.213.